The van der Waals surface area contributed by atoms with E-state index in [4.69, 9.17) is 4.74 Å². The molecule has 0 aliphatic carbocycles. The normalized spacial score (nSPS) is 28.1. The number of methoxy groups -OCH3 is 1. The lowest BCUT2D eigenvalue weighted by Gasteiger charge is -2.49. The SMILES string of the molecule is COCC(=O)N[C@H]1[C@H](c2cccs2)N(CCC(C)(C)C)CC[C@@]1(C)O. The molecule has 1 aromatic rings. The van der Waals surface area contributed by atoms with E-state index in [0.29, 0.717) is 6.42 Å². The van der Waals surface area contributed by atoms with E-state index in [2.05, 4.69) is 42.4 Å². The number of ether oxygens (including phenoxy) is 1. The molecule has 3 atom stereocenters. The zero-order valence-corrected chi connectivity index (χ0v) is 16.9. The van der Waals surface area contributed by atoms with Crippen molar-refractivity contribution >= 4 is 17.2 Å². The van der Waals surface area contributed by atoms with Crippen LogP contribution in [0.25, 0.3) is 0 Å². The summed E-state index contributed by atoms with van der Waals surface area (Å²) in [5.41, 5.74) is -0.703. The molecule has 2 rings (SSSR count). The lowest BCUT2D eigenvalue weighted by Crippen LogP contribution is -2.62. The van der Waals surface area contributed by atoms with E-state index >= 15 is 0 Å². The first kappa shape index (κ1) is 20.4. The Kier molecular flexibility index (Phi) is 6.65. The molecular weight excluding hydrogens is 336 g/mol. The summed E-state index contributed by atoms with van der Waals surface area (Å²) >= 11 is 1.68. The number of hydrogen-bond donors (Lipinski definition) is 2. The van der Waals surface area contributed by atoms with Crippen LogP contribution in [0, 0.1) is 5.41 Å². The van der Waals surface area contributed by atoms with Gasteiger partial charge in [0.15, 0.2) is 0 Å². The molecule has 1 aliphatic rings. The Bertz CT molecular complexity index is 552. The van der Waals surface area contributed by atoms with E-state index in [1.165, 1.54) is 12.0 Å². The summed E-state index contributed by atoms with van der Waals surface area (Å²) in [6.07, 6.45) is 1.70. The monoisotopic (exact) mass is 368 g/mol. The quantitative estimate of drug-likeness (QED) is 0.810. The Morgan fingerprint density at radius 1 is 1.52 bits per heavy atom. The number of nitrogens with zero attached hydrogens (tertiary/aromatic N) is 1. The van der Waals surface area contributed by atoms with E-state index in [1.54, 1.807) is 11.3 Å². The van der Waals surface area contributed by atoms with Gasteiger partial charge in [-0.1, -0.05) is 26.8 Å². The van der Waals surface area contributed by atoms with Crippen molar-refractivity contribution in [2.75, 3.05) is 26.8 Å². The molecule has 25 heavy (non-hydrogen) atoms. The maximum Gasteiger partial charge on any atom is 0.246 e. The van der Waals surface area contributed by atoms with Crippen molar-refractivity contribution in [3.05, 3.63) is 22.4 Å². The van der Waals surface area contributed by atoms with Crippen LogP contribution in [0.15, 0.2) is 17.5 Å². The molecule has 1 amide bonds. The highest BCUT2D eigenvalue weighted by atomic mass is 32.1. The van der Waals surface area contributed by atoms with Crippen LogP contribution in [0.5, 0.6) is 0 Å². The Morgan fingerprint density at radius 3 is 2.80 bits per heavy atom. The number of amides is 1. The Balaban J connectivity index is 2.27. The van der Waals surface area contributed by atoms with Crippen LogP contribution >= 0.6 is 11.3 Å². The van der Waals surface area contributed by atoms with Gasteiger partial charge < -0.3 is 15.2 Å². The molecule has 6 heteroatoms. The van der Waals surface area contributed by atoms with Crippen molar-refractivity contribution in [2.24, 2.45) is 5.41 Å². The van der Waals surface area contributed by atoms with Crippen molar-refractivity contribution in [1.29, 1.82) is 0 Å². The molecule has 0 radical (unpaired) electrons. The molecule has 0 bridgehead atoms. The third kappa shape index (κ3) is 5.51. The predicted molar refractivity (Wildman–Crippen MR) is 102 cm³/mol. The van der Waals surface area contributed by atoms with Crippen molar-refractivity contribution < 1.29 is 14.6 Å². The van der Waals surface area contributed by atoms with Gasteiger partial charge in [-0.2, -0.15) is 0 Å². The van der Waals surface area contributed by atoms with Crippen LogP contribution in [-0.2, 0) is 9.53 Å². The van der Waals surface area contributed by atoms with Crippen molar-refractivity contribution in [1.82, 2.24) is 10.2 Å². The molecule has 1 fully saturated rings. The average Bonchev–Trinajstić information content (AvgIpc) is 3.01. The Hall–Kier alpha value is -0.950. The smallest absolute Gasteiger partial charge is 0.246 e. The molecule has 1 saturated heterocycles. The molecule has 0 aromatic carbocycles. The number of nitrogens with one attached hydrogen (secondary N) is 1. The second kappa shape index (κ2) is 8.16. The van der Waals surface area contributed by atoms with Crippen molar-refractivity contribution in [3.63, 3.8) is 0 Å². The summed E-state index contributed by atoms with van der Waals surface area (Å²) in [6, 6.07) is 3.74. The van der Waals surface area contributed by atoms with Gasteiger partial charge in [-0.3, -0.25) is 9.69 Å². The summed E-state index contributed by atoms with van der Waals surface area (Å²) < 4.78 is 4.95. The minimum Gasteiger partial charge on any atom is -0.388 e. The van der Waals surface area contributed by atoms with Crippen LogP contribution in [0.2, 0.25) is 0 Å². The van der Waals surface area contributed by atoms with Gasteiger partial charge in [-0.25, -0.2) is 0 Å². The molecule has 142 valence electrons. The standard InChI is InChI=1S/C19H32N2O3S/c1-18(2,3)8-10-21-11-9-19(4,23)17(20-15(22)13-24-5)16(21)14-7-6-12-25-14/h6-7,12,16-17,23H,8-11,13H2,1-5H3,(H,20,22)/t16-,17-,19+/m0/s1. The number of rotatable bonds is 6. The van der Waals surface area contributed by atoms with Gasteiger partial charge in [0.05, 0.1) is 17.7 Å². The van der Waals surface area contributed by atoms with Crippen LogP contribution in [-0.4, -0.2) is 54.4 Å². The second-order valence-corrected chi connectivity index (χ2v) is 9.37. The van der Waals surface area contributed by atoms with Gasteiger partial charge in [-0.05, 0) is 43.2 Å². The fourth-order valence-electron chi connectivity index (χ4n) is 3.33. The minimum atomic E-state index is -0.948. The molecule has 1 aromatic heterocycles. The van der Waals surface area contributed by atoms with E-state index in [1.807, 2.05) is 13.0 Å². The molecule has 0 spiro atoms. The minimum absolute atomic E-state index is 0.00569. The molecule has 2 N–H and O–H groups in total. The zero-order chi connectivity index (χ0) is 18.7. The third-order valence-electron chi connectivity index (χ3n) is 4.86. The van der Waals surface area contributed by atoms with Crippen molar-refractivity contribution in [3.8, 4) is 0 Å². The lowest BCUT2D eigenvalue weighted by molar-refractivity contribution is -0.132. The first-order valence-corrected chi connectivity index (χ1v) is 9.80. The summed E-state index contributed by atoms with van der Waals surface area (Å²) in [5, 5.41) is 16.1. The highest BCUT2D eigenvalue weighted by Gasteiger charge is 2.46. The van der Waals surface area contributed by atoms with E-state index < -0.39 is 5.60 Å². The van der Waals surface area contributed by atoms with E-state index in [9.17, 15) is 9.90 Å². The summed E-state index contributed by atoms with van der Waals surface area (Å²) in [4.78, 5) is 15.8. The highest BCUT2D eigenvalue weighted by molar-refractivity contribution is 7.10. The number of thiophene rings is 1. The number of carbonyl (C=O) groups excluding carboxylic acids is 1. The molecular formula is C19H32N2O3S. The summed E-state index contributed by atoms with van der Waals surface area (Å²) in [7, 11) is 1.50. The topological polar surface area (TPSA) is 61.8 Å². The molecule has 5 nitrogen and oxygen atoms in total. The fourth-order valence-corrected chi connectivity index (χ4v) is 4.23. The van der Waals surface area contributed by atoms with Crippen molar-refractivity contribution in [2.45, 2.75) is 58.2 Å². The largest absolute Gasteiger partial charge is 0.388 e. The highest BCUT2D eigenvalue weighted by Crippen LogP contribution is 2.39. The van der Waals surface area contributed by atoms with Crippen LogP contribution in [0.1, 0.15) is 51.5 Å². The van der Waals surface area contributed by atoms with Crippen LogP contribution < -0.4 is 5.32 Å². The molecule has 0 saturated carbocycles. The summed E-state index contributed by atoms with van der Waals surface area (Å²) in [5.74, 6) is -0.188. The Labute approximate surface area is 155 Å². The maximum atomic E-state index is 12.2. The summed E-state index contributed by atoms with van der Waals surface area (Å²) in [6.45, 7) is 10.3. The van der Waals surface area contributed by atoms with E-state index in [0.717, 1.165) is 19.5 Å². The number of aliphatic hydroxyl groups is 1. The molecule has 1 aliphatic heterocycles. The number of carbonyl (C=O) groups is 1. The fraction of sp³-hybridized carbons (Fsp3) is 0.737. The van der Waals surface area contributed by atoms with Gasteiger partial charge in [0, 0.05) is 18.5 Å². The average molecular weight is 369 g/mol. The Morgan fingerprint density at radius 2 is 2.24 bits per heavy atom. The van der Waals surface area contributed by atoms with Gasteiger partial charge in [0.25, 0.3) is 0 Å². The first-order valence-electron chi connectivity index (χ1n) is 8.92. The van der Waals surface area contributed by atoms with Crippen LogP contribution in [0.4, 0.5) is 0 Å². The lowest BCUT2D eigenvalue weighted by atomic mass is 9.81. The second-order valence-electron chi connectivity index (χ2n) is 8.39. The predicted octanol–water partition coefficient (Wildman–Crippen LogP) is 2.81. The maximum absolute atomic E-state index is 12.2. The van der Waals surface area contributed by atoms with Crippen LogP contribution in [0.3, 0.4) is 0 Å². The number of hydrogen-bond acceptors (Lipinski definition) is 5. The van der Waals surface area contributed by atoms with E-state index in [-0.39, 0.29) is 30.0 Å². The first-order chi connectivity index (χ1) is 11.6. The van der Waals surface area contributed by atoms with Gasteiger partial charge in [0.2, 0.25) is 5.91 Å². The zero-order valence-electron chi connectivity index (χ0n) is 16.0. The molecule has 0 unspecified atom stereocenters. The van der Waals surface area contributed by atoms with Gasteiger partial charge >= 0.3 is 0 Å². The molecule has 2 heterocycles. The van der Waals surface area contributed by atoms with Gasteiger partial charge in [-0.15, -0.1) is 11.3 Å². The van der Waals surface area contributed by atoms with Gasteiger partial charge in [0.1, 0.15) is 6.61 Å². The third-order valence-corrected chi connectivity index (χ3v) is 5.80. The number of likely N-dealkylation sites (tertiary alicyclic amines) is 1. The number of piperidine rings is 1.